The van der Waals surface area contributed by atoms with Crippen molar-refractivity contribution in [3.05, 3.63) is 57.8 Å². The van der Waals surface area contributed by atoms with Crippen molar-refractivity contribution in [2.75, 3.05) is 7.11 Å². The molecule has 0 N–H and O–H groups in total. The number of esters is 1. The molecule has 0 bridgehead atoms. The van der Waals surface area contributed by atoms with Crippen LogP contribution in [0.1, 0.15) is 15.9 Å². The molecule has 0 radical (unpaired) electrons. The largest absolute Gasteiger partial charge is 0.493 e. The van der Waals surface area contributed by atoms with Crippen molar-refractivity contribution >= 4 is 21.9 Å². The van der Waals surface area contributed by atoms with E-state index in [1.807, 2.05) is 6.07 Å². The van der Waals surface area contributed by atoms with Crippen molar-refractivity contribution in [3.8, 4) is 17.6 Å². The van der Waals surface area contributed by atoms with Crippen LogP contribution in [-0.4, -0.2) is 13.1 Å². The van der Waals surface area contributed by atoms with Crippen molar-refractivity contribution < 1.29 is 18.7 Å². The first-order chi connectivity index (χ1) is 10.0. The first-order valence-corrected chi connectivity index (χ1v) is 6.60. The van der Waals surface area contributed by atoms with Crippen LogP contribution in [-0.2, 0) is 0 Å². The molecule has 0 fully saturated rings. The van der Waals surface area contributed by atoms with E-state index in [4.69, 9.17) is 14.7 Å². The molecule has 0 unspecified atom stereocenters. The predicted octanol–water partition coefficient (Wildman–Crippen LogP) is 3.69. The average Bonchev–Trinajstić information content (AvgIpc) is 2.49. The Labute approximate surface area is 128 Å². The Kier molecular flexibility index (Phi) is 4.55. The second-order valence-corrected chi connectivity index (χ2v) is 4.85. The van der Waals surface area contributed by atoms with Gasteiger partial charge in [0, 0.05) is 10.5 Å². The maximum atomic E-state index is 13.2. The van der Waals surface area contributed by atoms with Crippen LogP contribution in [0.2, 0.25) is 0 Å². The highest BCUT2D eigenvalue weighted by molar-refractivity contribution is 9.10. The van der Waals surface area contributed by atoms with E-state index < -0.39 is 11.8 Å². The monoisotopic (exact) mass is 349 g/mol. The second kappa shape index (κ2) is 6.37. The quantitative estimate of drug-likeness (QED) is 0.626. The maximum absolute atomic E-state index is 13.2. The number of rotatable bonds is 3. The van der Waals surface area contributed by atoms with Crippen LogP contribution in [0.15, 0.2) is 40.9 Å². The molecule has 6 heteroatoms. The van der Waals surface area contributed by atoms with E-state index in [0.717, 1.165) is 6.07 Å². The van der Waals surface area contributed by atoms with Gasteiger partial charge in [-0.15, -0.1) is 0 Å². The summed E-state index contributed by atoms with van der Waals surface area (Å²) in [5, 5.41) is 8.81. The zero-order valence-corrected chi connectivity index (χ0v) is 12.5. The second-order valence-electron chi connectivity index (χ2n) is 3.99. The highest BCUT2D eigenvalue weighted by Gasteiger charge is 2.16. The van der Waals surface area contributed by atoms with Crippen molar-refractivity contribution in [2.45, 2.75) is 0 Å². The smallest absolute Gasteiger partial charge is 0.344 e. The molecule has 0 atom stereocenters. The van der Waals surface area contributed by atoms with Crippen molar-refractivity contribution in [1.29, 1.82) is 5.26 Å². The zero-order valence-electron chi connectivity index (χ0n) is 10.9. The van der Waals surface area contributed by atoms with E-state index in [9.17, 15) is 9.18 Å². The number of hydrogen-bond donors (Lipinski definition) is 0. The van der Waals surface area contributed by atoms with Gasteiger partial charge in [-0.3, -0.25) is 0 Å². The van der Waals surface area contributed by atoms with Gasteiger partial charge >= 0.3 is 5.97 Å². The summed E-state index contributed by atoms with van der Waals surface area (Å²) in [6.45, 7) is 0. The van der Waals surface area contributed by atoms with Crippen LogP contribution >= 0.6 is 15.9 Å². The van der Waals surface area contributed by atoms with Gasteiger partial charge < -0.3 is 9.47 Å². The Morgan fingerprint density at radius 2 is 2.00 bits per heavy atom. The third-order valence-electron chi connectivity index (χ3n) is 2.64. The van der Waals surface area contributed by atoms with Gasteiger partial charge in [-0.2, -0.15) is 5.26 Å². The molecule has 2 aromatic carbocycles. The zero-order chi connectivity index (χ0) is 15.4. The molecule has 0 aliphatic rings. The standard InChI is InChI=1S/C15H9BrFNO3/c1-20-14-6-9(8-18)2-5-13(14)21-15(19)11-7-10(17)3-4-12(11)16/h2-7H,1H3. The summed E-state index contributed by atoms with van der Waals surface area (Å²) in [6.07, 6.45) is 0. The van der Waals surface area contributed by atoms with Gasteiger partial charge in [-0.1, -0.05) is 0 Å². The van der Waals surface area contributed by atoms with E-state index in [0.29, 0.717) is 10.0 Å². The van der Waals surface area contributed by atoms with Crippen LogP contribution in [0.25, 0.3) is 0 Å². The summed E-state index contributed by atoms with van der Waals surface area (Å²) in [4.78, 5) is 12.1. The normalized spacial score (nSPS) is 9.81. The van der Waals surface area contributed by atoms with Crippen LogP contribution in [0.4, 0.5) is 4.39 Å². The lowest BCUT2D eigenvalue weighted by Crippen LogP contribution is -2.10. The van der Waals surface area contributed by atoms with Crippen molar-refractivity contribution in [1.82, 2.24) is 0 Å². The fourth-order valence-electron chi connectivity index (χ4n) is 1.63. The third-order valence-corrected chi connectivity index (χ3v) is 3.34. The minimum Gasteiger partial charge on any atom is -0.493 e. The summed E-state index contributed by atoms with van der Waals surface area (Å²) in [7, 11) is 1.39. The molecule has 0 saturated heterocycles. The number of ether oxygens (including phenoxy) is 2. The van der Waals surface area contributed by atoms with Crippen LogP contribution in [0, 0.1) is 17.1 Å². The van der Waals surface area contributed by atoms with Gasteiger partial charge in [0.1, 0.15) is 5.82 Å². The minimum absolute atomic E-state index is 0.0569. The summed E-state index contributed by atoms with van der Waals surface area (Å²) in [6, 6.07) is 10.1. The molecule has 0 aliphatic heterocycles. The fourth-order valence-corrected chi connectivity index (χ4v) is 2.04. The number of methoxy groups -OCH3 is 1. The number of nitrogens with zero attached hydrogens (tertiary/aromatic N) is 1. The van der Waals surface area contributed by atoms with Crippen LogP contribution in [0.3, 0.4) is 0 Å². The summed E-state index contributed by atoms with van der Waals surface area (Å²) in [5.74, 6) is -0.881. The van der Waals surface area contributed by atoms with E-state index in [1.54, 1.807) is 0 Å². The Morgan fingerprint density at radius 1 is 1.24 bits per heavy atom. The Hall–Kier alpha value is -2.39. The third kappa shape index (κ3) is 3.38. The van der Waals surface area contributed by atoms with Gasteiger partial charge in [0.2, 0.25) is 0 Å². The van der Waals surface area contributed by atoms with Gasteiger partial charge in [0.25, 0.3) is 0 Å². The SMILES string of the molecule is COc1cc(C#N)ccc1OC(=O)c1cc(F)ccc1Br. The number of nitriles is 1. The van der Waals surface area contributed by atoms with E-state index >= 15 is 0 Å². The molecule has 0 aromatic heterocycles. The van der Waals surface area contributed by atoms with Gasteiger partial charge in [-0.25, -0.2) is 9.18 Å². The Morgan fingerprint density at radius 3 is 2.67 bits per heavy atom. The molecule has 106 valence electrons. The van der Waals surface area contributed by atoms with E-state index in [-0.39, 0.29) is 17.1 Å². The first kappa shape index (κ1) is 15.0. The molecule has 4 nitrogen and oxygen atoms in total. The topological polar surface area (TPSA) is 59.3 Å². The van der Waals surface area contributed by atoms with Crippen molar-refractivity contribution in [3.63, 3.8) is 0 Å². The average molecular weight is 350 g/mol. The molecule has 0 aliphatic carbocycles. The molecule has 0 amide bonds. The van der Waals surface area contributed by atoms with Gasteiger partial charge in [0.15, 0.2) is 11.5 Å². The van der Waals surface area contributed by atoms with Crippen LogP contribution in [0.5, 0.6) is 11.5 Å². The number of halogens is 2. The van der Waals surface area contributed by atoms with Gasteiger partial charge in [0.05, 0.1) is 24.3 Å². The lowest BCUT2D eigenvalue weighted by molar-refractivity contribution is 0.0728. The predicted molar refractivity (Wildman–Crippen MR) is 76.8 cm³/mol. The molecule has 0 spiro atoms. The highest BCUT2D eigenvalue weighted by atomic mass is 79.9. The molecule has 21 heavy (non-hydrogen) atoms. The number of benzene rings is 2. The number of carbonyl (C=O) groups excluding carboxylic acids is 1. The summed E-state index contributed by atoms with van der Waals surface area (Å²) < 4.78 is 23.9. The lowest BCUT2D eigenvalue weighted by Gasteiger charge is -2.10. The van der Waals surface area contributed by atoms with Crippen LogP contribution < -0.4 is 9.47 Å². The fraction of sp³-hybridized carbons (Fsp3) is 0.0667. The first-order valence-electron chi connectivity index (χ1n) is 5.80. The van der Waals surface area contributed by atoms with E-state index in [2.05, 4.69) is 15.9 Å². The highest BCUT2D eigenvalue weighted by Crippen LogP contribution is 2.29. The number of carbonyl (C=O) groups is 1. The Bertz CT molecular complexity index is 740. The van der Waals surface area contributed by atoms with Gasteiger partial charge in [-0.05, 0) is 46.3 Å². The lowest BCUT2D eigenvalue weighted by atomic mass is 10.2. The summed E-state index contributed by atoms with van der Waals surface area (Å²) >= 11 is 3.16. The molecule has 0 heterocycles. The number of hydrogen-bond acceptors (Lipinski definition) is 4. The molecule has 2 aromatic rings. The Balaban J connectivity index is 2.32. The molecular weight excluding hydrogens is 341 g/mol. The maximum Gasteiger partial charge on any atom is 0.344 e. The summed E-state index contributed by atoms with van der Waals surface area (Å²) in [5.41, 5.74) is 0.431. The van der Waals surface area contributed by atoms with Crippen molar-refractivity contribution in [2.24, 2.45) is 0 Å². The van der Waals surface area contributed by atoms with E-state index in [1.165, 1.54) is 37.4 Å². The molecule has 0 saturated carbocycles. The molecular formula is C15H9BrFNO3. The minimum atomic E-state index is -0.732. The molecule has 2 rings (SSSR count).